The lowest BCUT2D eigenvalue weighted by molar-refractivity contribution is -0.387. The first-order valence-electron chi connectivity index (χ1n) is 5.27. The number of hydrogen-bond donors (Lipinski definition) is 0. The van der Waals surface area contributed by atoms with E-state index in [0.29, 0.717) is 16.2 Å². The van der Waals surface area contributed by atoms with Gasteiger partial charge in [-0.25, -0.2) is 0 Å². The van der Waals surface area contributed by atoms with Crippen molar-refractivity contribution in [1.29, 1.82) is 0 Å². The first-order chi connectivity index (χ1) is 9.10. The van der Waals surface area contributed by atoms with Crippen LogP contribution in [-0.2, 0) is 0 Å². The Hall–Kier alpha value is -1.85. The van der Waals surface area contributed by atoms with Gasteiger partial charge in [-0.05, 0) is 30.3 Å². The molecule has 0 heterocycles. The van der Waals surface area contributed by atoms with Gasteiger partial charge in [-0.1, -0.05) is 29.4 Å². The fourth-order valence-electron chi connectivity index (χ4n) is 1.47. The number of nitro groups is 1. The van der Waals surface area contributed by atoms with E-state index in [9.17, 15) is 14.9 Å². The van der Waals surface area contributed by atoms with Gasteiger partial charge < -0.3 is 0 Å². The molecule has 0 N–H and O–H groups in total. The van der Waals surface area contributed by atoms with Crippen molar-refractivity contribution in [2.75, 3.05) is 0 Å². The normalized spacial score (nSPS) is 10.2. The topological polar surface area (TPSA) is 60.2 Å². The summed E-state index contributed by atoms with van der Waals surface area (Å²) in [7, 11) is 0. The summed E-state index contributed by atoms with van der Waals surface area (Å²) in [5, 5.41) is 11.6. The van der Waals surface area contributed by atoms with E-state index in [-0.39, 0.29) is 11.3 Å². The second-order valence-electron chi connectivity index (χ2n) is 3.66. The van der Waals surface area contributed by atoms with Crippen molar-refractivity contribution >= 4 is 35.3 Å². The van der Waals surface area contributed by atoms with Crippen molar-refractivity contribution < 1.29 is 9.72 Å². The average Bonchev–Trinajstić information content (AvgIpc) is 2.41. The monoisotopic (exact) mass is 293 g/mol. The number of carbonyl (C=O) groups is 1. The molecule has 0 aliphatic rings. The molecular formula is C13H8ClNO3S. The number of nitrogens with zero attached hydrogens (tertiary/aromatic N) is 1. The van der Waals surface area contributed by atoms with E-state index in [2.05, 4.69) is 0 Å². The lowest BCUT2D eigenvalue weighted by Gasteiger charge is -2.03. The summed E-state index contributed by atoms with van der Waals surface area (Å²) in [6.45, 7) is 0. The summed E-state index contributed by atoms with van der Waals surface area (Å²) < 4.78 is 0. The molecule has 0 aliphatic heterocycles. The maximum Gasteiger partial charge on any atom is 0.283 e. The molecule has 2 aromatic carbocycles. The second-order valence-corrected chi connectivity index (χ2v) is 5.21. The Morgan fingerprint density at radius 1 is 1.16 bits per heavy atom. The molecule has 0 unspecified atom stereocenters. The number of rotatable bonds is 4. The van der Waals surface area contributed by atoms with E-state index in [1.165, 1.54) is 17.8 Å². The number of benzene rings is 2. The van der Waals surface area contributed by atoms with Crippen LogP contribution in [0.15, 0.2) is 52.3 Å². The van der Waals surface area contributed by atoms with Crippen molar-refractivity contribution in [2.45, 2.75) is 9.79 Å². The van der Waals surface area contributed by atoms with Gasteiger partial charge in [0.05, 0.1) is 9.82 Å². The van der Waals surface area contributed by atoms with Gasteiger partial charge in [0.1, 0.15) is 6.29 Å². The molecule has 0 saturated heterocycles. The molecular weight excluding hydrogens is 286 g/mol. The molecule has 0 aromatic heterocycles. The lowest BCUT2D eigenvalue weighted by Crippen LogP contribution is -1.92. The SMILES string of the molecule is O=Cc1ccc(Sc2ccc(Cl)cc2)c([N+](=O)[O-])c1. The van der Waals surface area contributed by atoms with Gasteiger partial charge in [0.25, 0.3) is 5.69 Å². The van der Waals surface area contributed by atoms with Crippen molar-refractivity contribution in [3.8, 4) is 0 Å². The third-order valence-corrected chi connectivity index (χ3v) is 3.68. The van der Waals surface area contributed by atoms with E-state index in [0.717, 1.165) is 4.90 Å². The Morgan fingerprint density at radius 3 is 2.42 bits per heavy atom. The summed E-state index contributed by atoms with van der Waals surface area (Å²) in [6.07, 6.45) is 0.587. The van der Waals surface area contributed by atoms with Gasteiger partial charge in [0, 0.05) is 21.5 Å². The third kappa shape index (κ3) is 3.33. The highest BCUT2D eigenvalue weighted by Gasteiger charge is 2.15. The largest absolute Gasteiger partial charge is 0.298 e. The highest BCUT2D eigenvalue weighted by atomic mass is 35.5. The average molecular weight is 294 g/mol. The first-order valence-corrected chi connectivity index (χ1v) is 6.46. The van der Waals surface area contributed by atoms with Gasteiger partial charge in [-0.2, -0.15) is 0 Å². The van der Waals surface area contributed by atoms with E-state index in [4.69, 9.17) is 11.6 Å². The molecule has 4 nitrogen and oxygen atoms in total. The molecule has 96 valence electrons. The van der Waals surface area contributed by atoms with Crippen molar-refractivity contribution in [3.05, 3.63) is 63.2 Å². The van der Waals surface area contributed by atoms with Crippen LogP contribution in [0.4, 0.5) is 5.69 Å². The molecule has 0 amide bonds. The van der Waals surface area contributed by atoms with Gasteiger partial charge >= 0.3 is 0 Å². The Morgan fingerprint density at radius 2 is 1.84 bits per heavy atom. The van der Waals surface area contributed by atoms with Crippen LogP contribution in [0.1, 0.15) is 10.4 Å². The minimum Gasteiger partial charge on any atom is -0.298 e. The smallest absolute Gasteiger partial charge is 0.283 e. The number of hydrogen-bond acceptors (Lipinski definition) is 4. The Kier molecular flexibility index (Phi) is 4.19. The van der Waals surface area contributed by atoms with E-state index >= 15 is 0 Å². The predicted molar refractivity (Wildman–Crippen MR) is 74.1 cm³/mol. The van der Waals surface area contributed by atoms with Crippen molar-refractivity contribution in [3.63, 3.8) is 0 Å². The fourth-order valence-corrected chi connectivity index (χ4v) is 2.49. The number of carbonyl (C=O) groups excluding carboxylic acids is 1. The van der Waals surface area contributed by atoms with Gasteiger partial charge in [-0.3, -0.25) is 14.9 Å². The standard InChI is InChI=1S/C13H8ClNO3S/c14-10-2-4-11(5-3-10)19-13-6-1-9(8-16)7-12(13)15(17)18/h1-8H. The van der Waals surface area contributed by atoms with Gasteiger partial charge in [0.15, 0.2) is 0 Å². The van der Waals surface area contributed by atoms with Crippen LogP contribution < -0.4 is 0 Å². The van der Waals surface area contributed by atoms with Gasteiger partial charge in [0.2, 0.25) is 0 Å². The van der Waals surface area contributed by atoms with E-state index in [1.54, 1.807) is 36.4 Å². The zero-order chi connectivity index (χ0) is 13.8. The zero-order valence-electron chi connectivity index (χ0n) is 9.58. The van der Waals surface area contributed by atoms with Crippen molar-refractivity contribution in [2.24, 2.45) is 0 Å². The van der Waals surface area contributed by atoms with Crippen LogP contribution in [0.5, 0.6) is 0 Å². The molecule has 19 heavy (non-hydrogen) atoms. The predicted octanol–water partition coefficient (Wildman–Crippen LogP) is 4.21. The number of aldehydes is 1. The number of halogens is 1. The second kappa shape index (κ2) is 5.86. The molecule has 0 fully saturated rings. The Labute approximate surface area is 118 Å². The molecule has 6 heteroatoms. The van der Waals surface area contributed by atoms with Crippen LogP contribution in [0.25, 0.3) is 0 Å². The number of nitro benzene ring substituents is 1. The molecule has 0 aliphatic carbocycles. The maximum atomic E-state index is 11.0. The highest BCUT2D eigenvalue weighted by Crippen LogP contribution is 2.35. The Bertz CT molecular complexity index is 628. The molecule has 0 spiro atoms. The summed E-state index contributed by atoms with van der Waals surface area (Å²) >= 11 is 7.03. The molecule has 0 saturated carbocycles. The molecule has 0 radical (unpaired) electrons. The zero-order valence-corrected chi connectivity index (χ0v) is 11.1. The quantitative estimate of drug-likeness (QED) is 0.481. The highest BCUT2D eigenvalue weighted by molar-refractivity contribution is 7.99. The lowest BCUT2D eigenvalue weighted by atomic mass is 10.2. The Balaban J connectivity index is 2.36. The summed E-state index contributed by atoms with van der Waals surface area (Å²) in [5.74, 6) is 0. The van der Waals surface area contributed by atoms with Crippen molar-refractivity contribution in [1.82, 2.24) is 0 Å². The third-order valence-electron chi connectivity index (χ3n) is 2.36. The first kappa shape index (κ1) is 13.6. The van der Waals surface area contributed by atoms with Crippen LogP contribution >= 0.6 is 23.4 Å². The van der Waals surface area contributed by atoms with E-state index < -0.39 is 4.92 Å². The van der Waals surface area contributed by atoms with E-state index in [1.807, 2.05) is 0 Å². The molecule has 2 rings (SSSR count). The fraction of sp³-hybridized carbons (Fsp3) is 0. The van der Waals surface area contributed by atoms with Crippen LogP contribution in [0.3, 0.4) is 0 Å². The minimum atomic E-state index is -0.495. The molecule has 0 bridgehead atoms. The summed E-state index contributed by atoms with van der Waals surface area (Å²) in [4.78, 5) is 22.5. The summed E-state index contributed by atoms with van der Waals surface area (Å²) in [6, 6.07) is 11.4. The minimum absolute atomic E-state index is 0.0791. The maximum absolute atomic E-state index is 11.0. The van der Waals surface area contributed by atoms with Gasteiger partial charge in [-0.15, -0.1) is 0 Å². The van der Waals surface area contributed by atoms with Crippen LogP contribution in [0, 0.1) is 10.1 Å². The molecule has 0 atom stereocenters. The van der Waals surface area contributed by atoms with Crippen LogP contribution in [-0.4, -0.2) is 11.2 Å². The molecule has 2 aromatic rings. The van der Waals surface area contributed by atoms with Crippen LogP contribution in [0.2, 0.25) is 5.02 Å². The summed E-state index contributed by atoms with van der Waals surface area (Å²) in [5.41, 5.74) is 0.205.